The van der Waals surface area contributed by atoms with E-state index in [1.807, 2.05) is 111 Å². The fourth-order valence-electron chi connectivity index (χ4n) is 13.6. The number of esters is 1. The minimum atomic E-state index is -2.88. The second kappa shape index (κ2) is 42.8. The maximum Gasteiger partial charge on any atom is 0.329 e. The molecule has 0 aromatic rings. The van der Waals surface area contributed by atoms with Gasteiger partial charge in [-0.15, -0.1) is 0 Å². The van der Waals surface area contributed by atoms with E-state index in [1.165, 1.54) is 73.7 Å². The average Bonchev–Trinajstić information content (AvgIpc) is 0.789. The highest BCUT2D eigenvalue weighted by molar-refractivity contribution is 6.74. The standard InChI is InChI=1S/C74H138N10O16Si2/c1-30-101(31-2,32-3)99-52(23)60-71(94)79(24)42-58(85)80(25)55(38-45(11)12)66(89)76-53(36-43(7)8)69(92)81(26)56(39-46(13)14)65(88)75-51(22)74(97)98-63(49(19)20)73(96)82(27)57(40-47(15)16)67(90)77-54(37-44(9)10)70(93)83(28)61(48(17)18)72(95)84(29)62(68(91)78-60)64(50(21)41-59(86)87)100-102(33-4,34-5)35-6/h43-57,60-64H,30-42H2,1-29H3,(H,75,88)(H,76,89)(H,77,90)(H,78,91)(H,86,87)/t50-,51+,52-,53-,54+,55+,56-,57-,60+,61-,62-,63+,64-/m1/s1. The zero-order valence-electron chi connectivity index (χ0n) is 68.0. The molecule has 0 saturated carbocycles. The van der Waals surface area contributed by atoms with Crippen LogP contribution in [0.15, 0.2) is 0 Å². The number of ether oxygens (including phenoxy) is 1. The molecule has 5 N–H and O–H groups in total. The van der Waals surface area contributed by atoms with Crippen molar-refractivity contribution in [2.45, 2.75) is 307 Å². The third-order valence-electron chi connectivity index (χ3n) is 20.5. The molecule has 1 saturated heterocycles. The fraction of sp³-hybridized carbons (Fsp3) is 0.838. The van der Waals surface area contributed by atoms with Crippen LogP contribution in [0.2, 0.25) is 36.3 Å². The third-order valence-corrected chi connectivity index (χ3v) is 29.8. The number of carbonyl (C=O) groups is 12. The quantitative estimate of drug-likeness (QED) is 0.0385. The van der Waals surface area contributed by atoms with Crippen molar-refractivity contribution in [2.24, 2.45) is 47.3 Å². The number of carbonyl (C=O) groups excluding carboxylic acids is 11. The van der Waals surface area contributed by atoms with Crippen LogP contribution in [0.5, 0.6) is 0 Å². The van der Waals surface area contributed by atoms with Gasteiger partial charge in [0.2, 0.25) is 53.2 Å². The minimum absolute atomic E-state index is 0.0648. The highest BCUT2D eigenvalue weighted by Crippen LogP contribution is 2.33. The van der Waals surface area contributed by atoms with Crippen LogP contribution in [0, 0.1) is 47.3 Å². The molecule has 0 aliphatic carbocycles. The zero-order chi connectivity index (χ0) is 79.1. The predicted octanol–water partition coefficient (Wildman–Crippen LogP) is 7.92. The van der Waals surface area contributed by atoms with Crippen molar-refractivity contribution in [3.63, 3.8) is 0 Å². The van der Waals surface area contributed by atoms with Gasteiger partial charge in [-0.2, -0.15) is 0 Å². The van der Waals surface area contributed by atoms with Gasteiger partial charge in [-0.25, -0.2) is 4.79 Å². The van der Waals surface area contributed by atoms with Crippen LogP contribution in [0.3, 0.4) is 0 Å². The summed E-state index contributed by atoms with van der Waals surface area (Å²) in [5, 5.41) is 22.1. The van der Waals surface area contributed by atoms with E-state index in [-0.39, 0.29) is 61.7 Å². The molecule has 588 valence electrons. The normalized spacial score (nSPS) is 24.9. The van der Waals surface area contributed by atoms with Gasteiger partial charge in [0.05, 0.1) is 25.2 Å². The molecule has 0 aromatic heterocycles. The van der Waals surface area contributed by atoms with Gasteiger partial charge in [0.1, 0.15) is 54.4 Å². The SMILES string of the molecule is CC[Si](CC)(CC)O[C@H]([C@H](C)CC(=O)O)[C@@H]1C(=O)N[C@@H]([C@@H](C)O[Si](CC)(CC)CC)C(=O)N(C)CC(=O)N(C)[C@@H](CC(C)C)C(=O)N[C@H](CC(C)C)C(=O)N(C)[C@H](CC(C)C)C(=O)N[C@@H](C)C(=O)O[C@@H](C(C)C)C(=O)N(C)[C@H](CC(C)C)C(=O)N[C@@H](CC(C)C)C(=O)N(C)[C@H](C(C)C)C(=O)N1C. The van der Waals surface area contributed by atoms with E-state index in [9.17, 15) is 38.7 Å². The molecule has 26 nitrogen and oxygen atoms in total. The summed E-state index contributed by atoms with van der Waals surface area (Å²) in [6.45, 7) is 41.3. The molecular weight excluding hydrogens is 1340 g/mol. The molecule has 13 atom stereocenters. The first-order chi connectivity index (χ1) is 47.1. The Morgan fingerprint density at radius 1 is 0.461 bits per heavy atom. The van der Waals surface area contributed by atoms with E-state index in [0.29, 0.717) is 36.3 Å². The van der Waals surface area contributed by atoms with E-state index in [2.05, 4.69) is 21.3 Å². The Morgan fingerprint density at radius 3 is 1.22 bits per heavy atom. The number of rotatable bonds is 27. The number of nitrogens with one attached hydrogen (secondary N) is 4. The van der Waals surface area contributed by atoms with Gasteiger partial charge in [0, 0.05) is 42.3 Å². The topological polar surface area (TPSA) is 320 Å². The van der Waals surface area contributed by atoms with Crippen LogP contribution in [-0.2, 0) is 71.1 Å². The molecule has 1 aliphatic heterocycles. The van der Waals surface area contributed by atoms with Crippen molar-refractivity contribution >= 4 is 87.6 Å². The molecule has 10 amide bonds. The number of carboxylic acid groups (broad SMARTS) is 1. The maximum absolute atomic E-state index is 16.2. The molecule has 102 heavy (non-hydrogen) atoms. The highest BCUT2D eigenvalue weighted by Gasteiger charge is 2.49. The van der Waals surface area contributed by atoms with Crippen molar-refractivity contribution in [2.75, 3.05) is 48.8 Å². The first-order valence-corrected chi connectivity index (χ1v) is 42.8. The average molecular weight is 1480 g/mol. The van der Waals surface area contributed by atoms with Crippen LogP contribution in [0.4, 0.5) is 0 Å². The van der Waals surface area contributed by atoms with Gasteiger partial charge in [-0.3, -0.25) is 52.7 Å². The summed E-state index contributed by atoms with van der Waals surface area (Å²) in [6.07, 6.45) is -3.88. The lowest BCUT2D eigenvalue weighted by molar-refractivity contribution is -0.166. The van der Waals surface area contributed by atoms with E-state index >= 15 is 24.0 Å². The Balaban J connectivity index is 4.87. The number of aliphatic carboxylic acids is 1. The second-order valence-electron chi connectivity index (χ2n) is 31.7. The number of cyclic esters (lactones) is 1. The first kappa shape index (κ1) is 94.0. The van der Waals surface area contributed by atoms with Crippen LogP contribution in [0.1, 0.15) is 198 Å². The molecular formula is C74H138N10O16Si2. The van der Waals surface area contributed by atoms with Crippen LogP contribution in [0.25, 0.3) is 0 Å². The Labute approximate surface area is 614 Å². The number of amides is 10. The Morgan fingerprint density at radius 2 is 0.833 bits per heavy atom. The lowest BCUT2D eigenvalue weighted by Crippen LogP contribution is -2.66. The van der Waals surface area contributed by atoms with Crippen LogP contribution >= 0.6 is 0 Å². The van der Waals surface area contributed by atoms with Crippen LogP contribution in [-0.4, -0.2) is 244 Å². The van der Waals surface area contributed by atoms with E-state index in [0.717, 1.165) is 4.90 Å². The minimum Gasteiger partial charge on any atom is -0.481 e. The smallest absolute Gasteiger partial charge is 0.329 e. The predicted molar refractivity (Wildman–Crippen MR) is 402 cm³/mol. The van der Waals surface area contributed by atoms with Crippen molar-refractivity contribution in [1.82, 2.24) is 50.7 Å². The number of hydrogen-bond acceptors (Lipinski definition) is 15. The van der Waals surface area contributed by atoms with Gasteiger partial charge in [0.25, 0.3) is 5.91 Å². The van der Waals surface area contributed by atoms with Gasteiger partial charge < -0.3 is 69.4 Å². The van der Waals surface area contributed by atoms with Crippen LogP contribution < -0.4 is 21.3 Å². The third kappa shape index (κ3) is 26.8. The van der Waals surface area contributed by atoms with Gasteiger partial charge in [0.15, 0.2) is 22.7 Å². The lowest BCUT2D eigenvalue weighted by Gasteiger charge is -2.44. The molecule has 28 heteroatoms. The van der Waals surface area contributed by atoms with Crippen molar-refractivity contribution < 1.29 is 76.2 Å². The molecule has 0 aromatic carbocycles. The van der Waals surface area contributed by atoms with E-state index in [1.54, 1.807) is 41.5 Å². The summed E-state index contributed by atoms with van der Waals surface area (Å²) in [5.74, 6) is -12.8. The molecule has 1 fully saturated rings. The van der Waals surface area contributed by atoms with Gasteiger partial charge in [-0.1, -0.05) is 145 Å². The Hall–Kier alpha value is -6.01. The summed E-state index contributed by atoms with van der Waals surface area (Å²) in [6, 6.07) is -8.58. The molecule has 1 heterocycles. The molecule has 0 spiro atoms. The number of nitrogens with zero attached hydrogens (tertiary/aromatic N) is 6. The summed E-state index contributed by atoms with van der Waals surface area (Å²) in [5.41, 5.74) is 0. The zero-order valence-corrected chi connectivity index (χ0v) is 70.0. The van der Waals surface area contributed by atoms with Gasteiger partial charge in [-0.05, 0) is 130 Å². The Bertz CT molecular complexity index is 2760. The summed E-state index contributed by atoms with van der Waals surface area (Å²) in [4.78, 5) is 187. The highest BCUT2D eigenvalue weighted by atomic mass is 28.4. The fourth-order valence-corrected chi connectivity index (χ4v) is 19.5. The monoisotopic (exact) mass is 1480 g/mol. The Kier molecular flexibility index (Phi) is 39.5. The number of hydrogen-bond donors (Lipinski definition) is 5. The molecule has 0 unspecified atom stereocenters. The van der Waals surface area contributed by atoms with Crippen molar-refractivity contribution in [3.8, 4) is 0 Å². The second-order valence-corrected chi connectivity index (χ2v) is 41.2. The molecule has 1 rings (SSSR count). The largest absolute Gasteiger partial charge is 0.481 e. The lowest BCUT2D eigenvalue weighted by atomic mass is 9.91. The number of likely N-dealkylation sites (N-methyl/N-ethyl adjacent to an activating group) is 6. The summed E-state index contributed by atoms with van der Waals surface area (Å²) in [7, 11) is 2.92. The van der Waals surface area contributed by atoms with Crippen molar-refractivity contribution in [3.05, 3.63) is 0 Å². The molecule has 1 aliphatic rings. The summed E-state index contributed by atoms with van der Waals surface area (Å²) < 4.78 is 20.2. The molecule has 0 radical (unpaired) electrons. The maximum atomic E-state index is 16.2. The van der Waals surface area contributed by atoms with Gasteiger partial charge >= 0.3 is 11.9 Å². The number of carboxylic acids is 1. The molecule has 0 bridgehead atoms. The first-order valence-electron chi connectivity index (χ1n) is 37.7. The van der Waals surface area contributed by atoms with Crippen molar-refractivity contribution in [1.29, 1.82) is 0 Å². The van der Waals surface area contributed by atoms with E-state index in [4.69, 9.17) is 13.6 Å². The summed E-state index contributed by atoms with van der Waals surface area (Å²) >= 11 is 0. The van der Waals surface area contributed by atoms with E-state index < -0.39 is 191 Å².